The zero-order chi connectivity index (χ0) is 17.2. The number of methoxy groups -OCH3 is 1. The molecule has 0 N–H and O–H groups in total. The van der Waals surface area contributed by atoms with Crippen molar-refractivity contribution in [3.63, 3.8) is 0 Å². The molecule has 3 aromatic heterocycles. The Labute approximate surface area is 142 Å². The average molecular weight is 336 g/mol. The van der Waals surface area contributed by atoms with Gasteiger partial charge in [-0.2, -0.15) is 9.61 Å². The highest BCUT2D eigenvalue weighted by Crippen LogP contribution is 2.23. The summed E-state index contributed by atoms with van der Waals surface area (Å²) in [7, 11) is 1.63. The third kappa shape index (κ3) is 2.66. The van der Waals surface area contributed by atoms with E-state index >= 15 is 0 Å². The Hall–Kier alpha value is -3.13. The maximum Gasteiger partial charge on any atom is 0.283 e. The van der Waals surface area contributed by atoms with E-state index in [1.807, 2.05) is 30.3 Å². The van der Waals surface area contributed by atoms with E-state index in [2.05, 4.69) is 20.3 Å². The van der Waals surface area contributed by atoms with Crippen LogP contribution in [0, 0.1) is 0 Å². The Morgan fingerprint density at radius 3 is 2.76 bits per heavy atom. The molecule has 0 spiro atoms. The van der Waals surface area contributed by atoms with Crippen LogP contribution in [0.5, 0.6) is 0 Å². The van der Waals surface area contributed by atoms with Crippen molar-refractivity contribution < 1.29 is 4.74 Å². The Kier molecular flexibility index (Phi) is 3.95. The molecule has 4 rings (SSSR count). The van der Waals surface area contributed by atoms with Crippen molar-refractivity contribution in [2.24, 2.45) is 0 Å². The normalized spacial score (nSPS) is 11.4. The first-order chi connectivity index (χ1) is 12.3. The molecule has 8 heteroatoms. The molecule has 0 unspecified atom stereocenters. The molecule has 0 saturated carbocycles. The highest BCUT2D eigenvalue weighted by atomic mass is 16.5. The maximum atomic E-state index is 12.6. The monoisotopic (exact) mass is 336 g/mol. The van der Waals surface area contributed by atoms with Crippen molar-refractivity contribution in [3.8, 4) is 11.1 Å². The molecule has 0 fully saturated rings. The van der Waals surface area contributed by atoms with Gasteiger partial charge in [0.15, 0.2) is 16.8 Å². The molecule has 0 aliphatic carbocycles. The minimum Gasteiger partial charge on any atom is -0.385 e. The first-order valence-electron chi connectivity index (χ1n) is 7.93. The van der Waals surface area contributed by atoms with Gasteiger partial charge < -0.3 is 4.74 Å². The van der Waals surface area contributed by atoms with Gasteiger partial charge in [0.1, 0.15) is 6.33 Å². The number of rotatable bonds is 5. The van der Waals surface area contributed by atoms with Crippen molar-refractivity contribution in [3.05, 3.63) is 53.2 Å². The summed E-state index contributed by atoms with van der Waals surface area (Å²) in [5, 5.41) is 12.7. The van der Waals surface area contributed by atoms with Crippen molar-refractivity contribution in [2.45, 2.75) is 13.0 Å². The van der Waals surface area contributed by atoms with Crippen molar-refractivity contribution in [2.75, 3.05) is 13.7 Å². The molecule has 0 aliphatic heterocycles. The van der Waals surface area contributed by atoms with Crippen LogP contribution in [0.3, 0.4) is 0 Å². The molecule has 8 nitrogen and oxygen atoms in total. The Balaban J connectivity index is 1.84. The molecule has 0 bridgehead atoms. The van der Waals surface area contributed by atoms with Crippen LogP contribution in [0.25, 0.3) is 27.9 Å². The van der Waals surface area contributed by atoms with Crippen molar-refractivity contribution in [1.29, 1.82) is 0 Å². The maximum absolute atomic E-state index is 12.6. The Morgan fingerprint density at radius 2 is 1.96 bits per heavy atom. The van der Waals surface area contributed by atoms with Gasteiger partial charge in [0.2, 0.25) is 0 Å². The summed E-state index contributed by atoms with van der Waals surface area (Å²) in [5.41, 5.74) is 2.78. The predicted molar refractivity (Wildman–Crippen MR) is 92.3 cm³/mol. The minimum atomic E-state index is -0.229. The largest absolute Gasteiger partial charge is 0.385 e. The third-order valence-electron chi connectivity index (χ3n) is 4.02. The van der Waals surface area contributed by atoms with E-state index < -0.39 is 0 Å². The lowest BCUT2D eigenvalue weighted by Crippen LogP contribution is -2.23. The number of hydrogen-bond acceptors (Lipinski definition) is 6. The lowest BCUT2D eigenvalue weighted by Gasteiger charge is -2.06. The van der Waals surface area contributed by atoms with Gasteiger partial charge in [0.05, 0.1) is 6.20 Å². The summed E-state index contributed by atoms with van der Waals surface area (Å²) in [6.07, 6.45) is 3.95. The number of hydrogen-bond donors (Lipinski definition) is 0. The van der Waals surface area contributed by atoms with E-state index in [1.165, 1.54) is 10.9 Å². The van der Waals surface area contributed by atoms with Crippen LogP contribution >= 0.6 is 0 Å². The minimum absolute atomic E-state index is 0.204. The molecule has 126 valence electrons. The molecule has 4 aromatic rings. The van der Waals surface area contributed by atoms with Crippen LogP contribution in [0.2, 0.25) is 0 Å². The van der Waals surface area contributed by atoms with Gasteiger partial charge in [-0.15, -0.1) is 10.2 Å². The second kappa shape index (κ2) is 6.40. The van der Waals surface area contributed by atoms with Crippen molar-refractivity contribution in [1.82, 2.24) is 29.4 Å². The van der Waals surface area contributed by atoms with Gasteiger partial charge in [-0.25, -0.2) is 4.98 Å². The van der Waals surface area contributed by atoms with E-state index in [1.54, 1.807) is 17.8 Å². The van der Waals surface area contributed by atoms with Crippen molar-refractivity contribution >= 4 is 16.8 Å². The standard InChI is InChI=1S/C17H16N6O2/c1-25-9-5-8-22-11-18-16-14(17(22)24)20-21-15-13(10-19-23(15)16)12-6-3-2-4-7-12/h2-4,6-7,10-11H,5,8-9H2,1H3. The fraction of sp³-hybridized carbons (Fsp3) is 0.235. The molecular weight excluding hydrogens is 320 g/mol. The van der Waals surface area contributed by atoms with E-state index in [0.717, 1.165) is 17.5 Å². The second-order valence-electron chi connectivity index (χ2n) is 5.62. The molecule has 1 aromatic carbocycles. The molecule has 3 heterocycles. The fourth-order valence-electron chi connectivity index (χ4n) is 2.76. The van der Waals surface area contributed by atoms with Crippen LogP contribution in [0.15, 0.2) is 47.7 Å². The van der Waals surface area contributed by atoms with Crippen LogP contribution in [0.4, 0.5) is 0 Å². The zero-order valence-electron chi connectivity index (χ0n) is 13.7. The number of fused-ring (bicyclic) bond motifs is 3. The highest BCUT2D eigenvalue weighted by molar-refractivity contribution is 5.80. The molecule has 0 radical (unpaired) electrons. The summed E-state index contributed by atoms with van der Waals surface area (Å²) in [6, 6.07) is 9.80. The SMILES string of the molecule is COCCCn1cnc2c(nnc3c(-c4ccccc4)cnn32)c1=O. The lowest BCUT2D eigenvalue weighted by molar-refractivity contribution is 0.190. The van der Waals surface area contributed by atoms with Gasteiger partial charge in [0, 0.05) is 25.8 Å². The Bertz CT molecular complexity index is 1090. The van der Waals surface area contributed by atoms with Crippen LogP contribution in [-0.4, -0.2) is 43.1 Å². The molecular formula is C17H16N6O2. The van der Waals surface area contributed by atoms with E-state index in [9.17, 15) is 4.79 Å². The summed E-state index contributed by atoms with van der Waals surface area (Å²) in [4.78, 5) is 17.0. The van der Waals surface area contributed by atoms with Gasteiger partial charge in [-0.3, -0.25) is 9.36 Å². The second-order valence-corrected chi connectivity index (χ2v) is 5.62. The predicted octanol–water partition coefficient (Wildman–Crippen LogP) is 1.54. The van der Waals surface area contributed by atoms with Gasteiger partial charge in [0.25, 0.3) is 5.56 Å². The average Bonchev–Trinajstić information content (AvgIpc) is 3.09. The molecule has 0 aliphatic rings. The van der Waals surface area contributed by atoms with Crippen LogP contribution in [0.1, 0.15) is 6.42 Å². The van der Waals surface area contributed by atoms with Crippen LogP contribution in [-0.2, 0) is 11.3 Å². The number of nitrogens with zero attached hydrogens (tertiary/aromatic N) is 6. The lowest BCUT2D eigenvalue weighted by atomic mass is 10.1. The quantitative estimate of drug-likeness (QED) is 0.514. The molecule has 0 atom stereocenters. The smallest absolute Gasteiger partial charge is 0.283 e. The molecule has 0 saturated heterocycles. The molecule has 25 heavy (non-hydrogen) atoms. The van der Waals surface area contributed by atoms with Gasteiger partial charge >= 0.3 is 0 Å². The summed E-state index contributed by atoms with van der Waals surface area (Å²) >= 11 is 0. The third-order valence-corrected chi connectivity index (χ3v) is 4.02. The van der Waals surface area contributed by atoms with Gasteiger partial charge in [-0.05, 0) is 12.0 Å². The number of benzene rings is 1. The number of ether oxygens (including phenoxy) is 1. The number of aryl methyl sites for hydroxylation is 1. The first kappa shape index (κ1) is 15.4. The fourth-order valence-corrected chi connectivity index (χ4v) is 2.76. The first-order valence-corrected chi connectivity index (χ1v) is 7.93. The summed E-state index contributed by atoms with van der Waals surface area (Å²) in [6.45, 7) is 1.10. The van der Waals surface area contributed by atoms with Gasteiger partial charge in [-0.1, -0.05) is 30.3 Å². The van der Waals surface area contributed by atoms with Crippen LogP contribution < -0.4 is 5.56 Å². The summed E-state index contributed by atoms with van der Waals surface area (Å²) in [5.74, 6) is 0. The Morgan fingerprint density at radius 1 is 1.12 bits per heavy atom. The van der Waals surface area contributed by atoms with E-state index in [0.29, 0.717) is 24.4 Å². The zero-order valence-corrected chi connectivity index (χ0v) is 13.7. The number of aromatic nitrogens is 6. The highest BCUT2D eigenvalue weighted by Gasteiger charge is 2.15. The molecule has 0 amide bonds. The van der Waals surface area contributed by atoms with E-state index in [4.69, 9.17) is 4.74 Å². The topological polar surface area (TPSA) is 87.2 Å². The summed E-state index contributed by atoms with van der Waals surface area (Å²) < 4.78 is 8.09. The van der Waals surface area contributed by atoms with E-state index in [-0.39, 0.29) is 11.1 Å².